The molecule has 0 saturated carbocycles. The fourth-order valence-electron chi connectivity index (χ4n) is 3.73. The van der Waals surface area contributed by atoms with Crippen molar-refractivity contribution in [3.63, 3.8) is 0 Å². The van der Waals surface area contributed by atoms with Crippen LogP contribution < -0.4 is 9.47 Å². The normalized spacial score (nSPS) is 15.4. The summed E-state index contributed by atoms with van der Waals surface area (Å²) in [6.45, 7) is 0.0179. The number of rotatable bonds is 8. The molecule has 1 aliphatic heterocycles. The number of nitrogens with zero attached hydrogens (tertiary/aromatic N) is 1. The quantitative estimate of drug-likeness (QED) is 0.416. The number of hydrogen-bond acceptors (Lipinski definition) is 5. The molecule has 3 aromatic rings. The first-order valence-electron chi connectivity index (χ1n) is 10.4. The lowest BCUT2D eigenvalue weighted by atomic mass is 10.1. The van der Waals surface area contributed by atoms with Crippen LogP contribution in [-0.2, 0) is 27.3 Å². The standard InChI is InChI=1S/C25H20BrF2NO6/c1-33-21-4-2-14(7-23(30)31)6-22(21)35-20-5-3-17(26)8-16(20)12-29-13-34-24(25(29)32)15-9-18(27)11-19(28)10-15/h2-6,8-11,24H,7,12-13H2,1H3,(H,30,31)/t24-/m0/s1. The van der Waals surface area contributed by atoms with Crippen LogP contribution in [0.2, 0.25) is 0 Å². The molecule has 0 radical (unpaired) electrons. The summed E-state index contributed by atoms with van der Waals surface area (Å²) in [6, 6.07) is 12.9. The van der Waals surface area contributed by atoms with Crippen LogP contribution in [0, 0.1) is 11.6 Å². The smallest absolute Gasteiger partial charge is 0.307 e. The summed E-state index contributed by atoms with van der Waals surface area (Å²) in [7, 11) is 1.47. The van der Waals surface area contributed by atoms with Crippen molar-refractivity contribution in [2.75, 3.05) is 13.8 Å². The van der Waals surface area contributed by atoms with E-state index >= 15 is 0 Å². The first kappa shape index (κ1) is 24.6. The number of amides is 1. The van der Waals surface area contributed by atoms with Crippen molar-refractivity contribution in [1.82, 2.24) is 4.90 Å². The molecule has 1 atom stereocenters. The Kier molecular flexibility index (Phi) is 7.32. The maximum Gasteiger partial charge on any atom is 0.307 e. The Bertz CT molecular complexity index is 1260. The van der Waals surface area contributed by atoms with Gasteiger partial charge < -0.3 is 24.2 Å². The van der Waals surface area contributed by atoms with Gasteiger partial charge in [-0.25, -0.2) is 8.78 Å². The van der Waals surface area contributed by atoms with E-state index in [1.54, 1.807) is 36.4 Å². The Labute approximate surface area is 208 Å². The van der Waals surface area contributed by atoms with Gasteiger partial charge in [0.15, 0.2) is 17.6 Å². The zero-order valence-corrected chi connectivity index (χ0v) is 20.1. The summed E-state index contributed by atoms with van der Waals surface area (Å²) in [6.07, 6.45) is -1.31. The summed E-state index contributed by atoms with van der Waals surface area (Å²) in [4.78, 5) is 25.5. The molecule has 1 N–H and O–H groups in total. The molecule has 0 aromatic heterocycles. The lowest BCUT2D eigenvalue weighted by Gasteiger charge is -2.19. The van der Waals surface area contributed by atoms with E-state index in [9.17, 15) is 18.4 Å². The van der Waals surface area contributed by atoms with E-state index in [2.05, 4.69) is 15.9 Å². The highest BCUT2D eigenvalue weighted by Crippen LogP contribution is 2.37. The third-order valence-electron chi connectivity index (χ3n) is 5.31. The summed E-state index contributed by atoms with van der Waals surface area (Å²) in [5, 5.41) is 9.10. The highest BCUT2D eigenvalue weighted by Gasteiger charge is 2.35. The van der Waals surface area contributed by atoms with Crippen molar-refractivity contribution >= 4 is 27.8 Å². The first-order valence-corrected chi connectivity index (χ1v) is 11.2. The van der Waals surface area contributed by atoms with Crippen LogP contribution in [0.3, 0.4) is 0 Å². The van der Waals surface area contributed by atoms with Gasteiger partial charge in [0, 0.05) is 16.1 Å². The van der Waals surface area contributed by atoms with Crippen LogP contribution in [0.4, 0.5) is 8.78 Å². The molecular formula is C25H20BrF2NO6. The summed E-state index contributed by atoms with van der Waals surface area (Å²) in [5.74, 6) is -1.89. The third kappa shape index (κ3) is 5.77. The zero-order valence-electron chi connectivity index (χ0n) is 18.5. The molecule has 0 spiro atoms. The Balaban J connectivity index is 1.58. The fourth-order valence-corrected chi connectivity index (χ4v) is 4.14. The molecule has 0 unspecified atom stereocenters. The molecule has 7 nitrogen and oxygen atoms in total. The number of ether oxygens (including phenoxy) is 3. The number of aliphatic carboxylic acids is 1. The second-order valence-corrected chi connectivity index (χ2v) is 8.74. The Hall–Kier alpha value is -3.50. The number of carbonyl (C=O) groups excluding carboxylic acids is 1. The van der Waals surface area contributed by atoms with Gasteiger partial charge in [0.1, 0.15) is 24.1 Å². The van der Waals surface area contributed by atoms with Gasteiger partial charge in [-0.1, -0.05) is 22.0 Å². The van der Waals surface area contributed by atoms with Crippen LogP contribution in [-0.4, -0.2) is 35.7 Å². The Morgan fingerprint density at radius 3 is 2.49 bits per heavy atom. The van der Waals surface area contributed by atoms with E-state index in [4.69, 9.17) is 19.3 Å². The van der Waals surface area contributed by atoms with E-state index in [1.165, 1.54) is 12.0 Å². The molecule has 1 amide bonds. The molecule has 4 rings (SSSR count). The number of hydrogen-bond donors (Lipinski definition) is 1. The number of carboxylic acids is 1. The van der Waals surface area contributed by atoms with Gasteiger partial charge in [-0.2, -0.15) is 0 Å². The summed E-state index contributed by atoms with van der Waals surface area (Å²) in [5.41, 5.74) is 1.24. The lowest BCUT2D eigenvalue weighted by Crippen LogP contribution is -2.26. The molecule has 10 heteroatoms. The van der Waals surface area contributed by atoms with Gasteiger partial charge in [-0.15, -0.1) is 0 Å². The van der Waals surface area contributed by atoms with E-state index in [1.807, 2.05) is 0 Å². The summed E-state index contributed by atoms with van der Waals surface area (Å²) < 4.78 is 45.0. The molecule has 1 aliphatic rings. The fraction of sp³-hybridized carbons (Fsp3) is 0.200. The molecule has 0 bridgehead atoms. The maximum absolute atomic E-state index is 13.6. The van der Waals surface area contributed by atoms with Crippen molar-refractivity contribution in [3.8, 4) is 17.2 Å². The van der Waals surface area contributed by atoms with Crippen molar-refractivity contribution in [1.29, 1.82) is 0 Å². The zero-order chi connectivity index (χ0) is 25.1. The van der Waals surface area contributed by atoms with Gasteiger partial charge in [0.05, 0.1) is 20.1 Å². The molecule has 35 heavy (non-hydrogen) atoms. The minimum absolute atomic E-state index is 0.0784. The van der Waals surface area contributed by atoms with Crippen molar-refractivity contribution in [3.05, 3.63) is 87.4 Å². The van der Waals surface area contributed by atoms with Gasteiger partial charge in [-0.3, -0.25) is 9.59 Å². The molecule has 182 valence electrons. The van der Waals surface area contributed by atoms with Crippen molar-refractivity contribution < 1.29 is 37.7 Å². The predicted molar refractivity (Wildman–Crippen MR) is 124 cm³/mol. The van der Waals surface area contributed by atoms with Crippen LogP contribution in [0.25, 0.3) is 0 Å². The van der Waals surface area contributed by atoms with Crippen LogP contribution in [0.5, 0.6) is 17.2 Å². The topological polar surface area (TPSA) is 85.3 Å². The van der Waals surface area contributed by atoms with Gasteiger partial charge in [0.2, 0.25) is 0 Å². The first-order chi connectivity index (χ1) is 16.7. The van der Waals surface area contributed by atoms with Crippen molar-refractivity contribution in [2.45, 2.75) is 19.1 Å². The number of carbonyl (C=O) groups is 2. The number of methoxy groups -OCH3 is 1. The number of carboxylic acid groups (broad SMARTS) is 1. The van der Waals surface area contributed by atoms with Crippen LogP contribution in [0.1, 0.15) is 22.8 Å². The van der Waals surface area contributed by atoms with Crippen LogP contribution in [0.15, 0.2) is 59.1 Å². The lowest BCUT2D eigenvalue weighted by molar-refractivity contribution is -0.136. The van der Waals surface area contributed by atoms with E-state index < -0.39 is 29.6 Å². The minimum Gasteiger partial charge on any atom is -0.493 e. The van der Waals surface area contributed by atoms with Gasteiger partial charge >= 0.3 is 5.97 Å². The molecular weight excluding hydrogens is 528 g/mol. The highest BCUT2D eigenvalue weighted by molar-refractivity contribution is 9.10. The van der Waals surface area contributed by atoms with E-state index in [0.717, 1.165) is 22.7 Å². The van der Waals surface area contributed by atoms with Gasteiger partial charge in [-0.05, 0) is 53.6 Å². The predicted octanol–water partition coefficient (Wildman–Crippen LogP) is 5.21. The van der Waals surface area contributed by atoms with E-state index in [-0.39, 0.29) is 25.3 Å². The van der Waals surface area contributed by atoms with E-state index in [0.29, 0.717) is 28.4 Å². The average Bonchev–Trinajstić information content (AvgIpc) is 3.15. The second kappa shape index (κ2) is 10.4. The largest absolute Gasteiger partial charge is 0.493 e. The number of benzene rings is 3. The third-order valence-corrected chi connectivity index (χ3v) is 5.80. The van der Waals surface area contributed by atoms with Crippen molar-refractivity contribution in [2.24, 2.45) is 0 Å². The summed E-state index contributed by atoms with van der Waals surface area (Å²) >= 11 is 3.41. The van der Waals surface area contributed by atoms with Gasteiger partial charge in [0.25, 0.3) is 5.91 Å². The molecule has 0 aliphatic carbocycles. The SMILES string of the molecule is COc1ccc(CC(=O)O)cc1Oc1ccc(Br)cc1CN1CO[C@@H](c2cc(F)cc(F)c2)C1=O. The maximum atomic E-state index is 13.6. The molecule has 1 heterocycles. The Morgan fingerprint density at radius 1 is 1.09 bits per heavy atom. The number of halogens is 3. The molecule has 3 aromatic carbocycles. The highest BCUT2D eigenvalue weighted by atomic mass is 79.9. The molecule has 1 fully saturated rings. The Morgan fingerprint density at radius 2 is 1.80 bits per heavy atom. The molecule has 1 saturated heterocycles. The minimum atomic E-state index is -1.12. The monoisotopic (exact) mass is 547 g/mol. The van der Waals surface area contributed by atoms with Crippen LogP contribution >= 0.6 is 15.9 Å². The second-order valence-electron chi connectivity index (χ2n) is 7.82. The average molecular weight is 548 g/mol.